The van der Waals surface area contributed by atoms with Crippen LogP contribution in [0.3, 0.4) is 0 Å². The van der Waals surface area contributed by atoms with E-state index in [0.717, 1.165) is 5.56 Å². The molecule has 0 aliphatic carbocycles. The number of hydrogen-bond acceptors (Lipinski definition) is 5. The molecule has 0 aliphatic heterocycles. The van der Waals surface area contributed by atoms with Crippen molar-refractivity contribution in [3.05, 3.63) is 42.7 Å². The van der Waals surface area contributed by atoms with Crippen molar-refractivity contribution in [3.63, 3.8) is 0 Å². The summed E-state index contributed by atoms with van der Waals surface area (Å²) >= 11 is 0. The summed E-state index contributed by atoms with van der Waals surface area (Å²) in [5, 5.41) is 3.85. The van der Waals surface area contributed by atoms with E-state index in [2.05, 4.69) is 10.1 Å². The fourth-order valence-electron chi connectivity index (χ4n) is 1.47. The molecule has 2 aromatic heterocycles. The van der Waals surface area contributed by atoms with Crippen LogP contribution < -0.4 is 5.73 Å². The van der Waals surface area contributed by atoms with Gasteiger partial charge in [-0.3, -0.25) is 0 Å². The van der Waals surface area contributed by atoms with Crippen molar-refractivity contribution in [3.8, 4) is 23.0 Å². The van der Waals surface area contributed by atoms with E-state index in [1.807, 2.05) is 12.1 Å². The summed E-state index contributed by atoms with van der Waals surface area (Å²) in [6.45, 7) is 0. The molecule has 2 heterocycles. The van der Waals surface area contributed by atoms with Gasteiger partial charge in [-0.2, -0.15) is 4.98 Å². The lowest BCUT2D eigenvalue weighted by atomic mass is 10.2. The van der Waals surface area contributed by atoms with Crippen LogP contribution >= 0.6 is 0 Å². The molecule has 2 N–H and O–H groups in total. The summed E-state index contributed by atoms with van der Waals surface area (Å²) in [7, 11) is 0. The van der Waals surface area contributed by atoms with Crippen LogP contribution in [0.5, 0.6) is 0 Å². The van der Waals surface area contributed by atoms with E-state index in [1.165, 1.54) is 0 Å². The number of rotatable bonds is 2. The highest BCUT2D eigenvalue weighted by Gasteiger charge is 2.11. The number of nitrogens with two attached hydrogens (primary N) is 1. The molecule has 0 saturated heterocycles. The molecular formula is C12H9N3O2. The lowest BCUT2D eigenvalue weighted by Crippen LogP contribution is -1.84. The third-order valence-corrected chi connectivity index (χ3v) is 2.33. The third kappa shape index (κ3) is 1.78. The van der Waals surface area contributed by atoms with Gasteiger partial charge < -0.3 is 14.7 Å². The fraction of sp³-hybridized carbons (Fsp3) is 0. The Bertz CT molecular complexity index is 612. The maximum atomic E-state index is 5.61. The second-order valence-electron chi connectivity index (χ2n) is 3.52. The Morgan fingerprint density at radius 3 is 2.59 bits per heavy atom. The van der Waals surface area contributed by atoms with Gasteiger partial charge in [0.2, 0.25) is 5.82 Å². The second-order valence-corrected chi connectivity index (χ2v) is 3.52. The van der Waals surface area contributed by atoms with Gasteiger partial charge >= 0.3 is 0 Å². The molecule has 17 heavy (non-hydrogen) atoms. The zero-order valence-electron chi connectivity index (χ0n) is 8.83. The molecule has 0 saturated carbocycles. The van der Waals surface area contributed by atoms with Crippen LogP contribution in [0.4, 0.5) is 5.69 Å². The van der Waals surface area contributed by atoms with Crippen LogP contribution in [0.1, 0.15) is 0 Å². The summed E-state index contributed by atoms with van der Waals surface area (Å²) in [5.74, 6) is 1.45. The molecule has 0 amide bonds. The molecule has 0 bridgehead atoms. The van der Waals surface area contributed by atoms with Crippen molar-refractivity contribution in [2.24, 2.45) is 0 Å². The minimum Gasteiger partial charge on any atom is -0.461 e. The average molecular weight is 227 g/mol. The van der Waals surface area contributed by atoms with Gasteiger partial charge in [0.25, 0.3) is 5.89 Å². The van der Waals surface area contributed by atoms with E-state index in [-0.39, 0.29) is 0 Å². The van der Waals surface area contributed by atoms with Crippen LogP contribution in [0.15, 0.2) is 51.6 Å². The number of hydrogen-bond donors (Lipinski definition) is 1. The highest BCUT2D eigenvalue weighted by Crippen LogP contribution is 2.22. The van der Waals surface area contributed by atoms with Gasteiger partial charge in [-0.25, -0.2) is 0 Å². The second kappa shape index (κ2) is 3.79. The number of nitrogen functional groups attached to an aromatic ring is 1. The van der Waals surface area contributed by atoms with Crippen LogP contribution in [0.2, 0.25) is 0 Å². The van der Waals surface area contributed by atoms with Crippen LogP contribution in [0.25, 0.3) is 23.0 Å². The number of furan rings is 1. The highest BCUT2D eigenvalue weighted by atomic mass is 16.5. The summed E-state index contributed by atoms with van der Waals surface area (Å²) in [6, 6.07) is 10.8. The molecule has 0 radical (unpaired) electrons. The van der Waals surface area contributed by atoms with E-state index in [4.69, 9.17) is 14.7 Å². The summed E-state index contributed by atoms with van der Waals surface area (Å²) in [5.41, 5.74) is 7.12. The average Bonchev–Trinajstić information content (AvgIpc) is 3.00. The standard InChI is InChI=1S/C12H9N3O2/c13-9-5-3-8(4-6-9)12-14-11(15-17-12)10-2-1-7-16-10/h1-7H,13H2. The first-order valence-electron chi connectivity index (χ1n) is 5.06. The number of benzene rings is 1. The Balaban J connectivity index is 1.98. The smallest absolute Gasteiger partial charge is 0.258 e. The molecule has 0 atom stereocenters. The molecule has 1 aromatic carbocycles. The molecule has 5 heteroatoms. The molecule has 0 aliphatic rings. The SMILES string of the molecule is Nc1ccc(-c2nc(-c3ccco3)no2)cc1. The predicted molar refractivity (Wildman–Crippen MR) is 61.8 cm³/mol. The summed E-state index contributed by atoms with van der Waals surface area (Å²) in [4.78, 5) is 4.24. The Morgan fingerprint density at radius 1 is 1.06 bits per heavy atom. The maximum absolute atomic E-state index is 5.61. The van der Waals surface area contributed by atoms with Crippen LogP contribution in [-0.4, -0.2) is 10.1 Å². The quantitative estimate of drug-likeness (QED) is 0.681. The van der Waals surface area contributed by atoms with Crippen molar-refractivity contribution in [1.29, 1.82) is 0 Å². The van der Waals surface area contributed by atoms with Gasteiger partial charge in [-0.15, -0.1) is 0 Å². The fourth-order valence-corrected chi connectivity index (χ4v) is 1.47. The van der Waals surface area contributed by atoms with Gasteiger partial charge in [-0.1, -0.05) is 5.16 Å². The predicted octanol–water partition coefficient (Wildman–Crippen LogP) is 2.58. The van der Waals surface area contributed by atoms with E-state index in [9.17, 15) is 0 Å². The van der Waals surface area contributed by atoms with Gasteiger partial charge in [0.1, 0.15) is 0 Å². The lowest BCUT2D eigenvalue weighted by molar-refractivity contribution is 0.429. The van der Waals surface area contributed by atoms with Crippen molar-refractivity contribution in [1.82, 2.24) is 10.1 Å². The van der Waals surface area contributed by atoms with Gasteiger partial charge in [0.15, 0.2) is 5.76 Å². The zero-order chi connectivity index (χ0) is 11.7. The van der Waals surface area contributed by atoms with Crippen molar-refractivity contribution in [2.75, 3.05) is 5.73 Å². The normalized spacial score (nSPS) is 10.6. The third-order valence-electron chi connectivity index (χ3n) is 2.33. The Morgan fingerprint density at radius 2 is 1.88 bits per heavy atom. The first-order valence-corrected chi connectivity index (χ1v) is 5.06. The van der Waals surface area contributed by atoms with Crippen molar-refractivity contribution >= 4 is 5.69 Å². The van der Waals surface area contributed by atoms with Gasteiger partial charge in [0.05, 0.1) is 6.26 Å². The number of aromatic nitrogens is 2. The van der Waals surface area contributed by atoms with Crippen molar-refractivity contribution < 1.29 is 8.94 Å². The topological polar surface area (TPSA) is 78.1 Å². The molecule has 0 spiro atoms. The molecule has 3 aromatic rings. The Labute approximate surface area is 96.9 Å². The van der Waals surface area contributed by atoms with E-state index >= 15 is 0 Å². The van der Waals surface area contributed by atoms with Crippen LogP contribution in [0, 0.1) is 0 Å². The first-order chi connectivity index (χ1) is 8.33. The molecule has 3 rings (SSSR count). The van der Waals surface area contributed by atoms with E-state index in [1.54, 1.807) is 30.5 Å². The van der Waals surface area contributed by atoms with Gasteiger partial charge in [0, 0.05) is 11.3 Å². The number of nitrogens with zero attached hydrogens (tertiary/aromatic N) is 2. The zero-order valence-corrected chi connectivity index (χ0v) is 8.83. The molecule has 0 unspecified atom stereocenters. The van der Waals surface area contributed by atoms with Gasteiger partial charge in [-0.05, 0) is 36.4 Å². The molecule has 5 nitrogen and oxygen atoms in total. The summed E-state index contributed by atoms with van der Waals surface area (Å²) in [6.07, 6.45) is 1.56. The first kappa shape index (κ1) is 9.65. The Kier molecular flexibility index (Phi) is 2.15. The Hall–Kier alpha value is -2.56. The largest absolute Gasteiger partial charge is 0.461 e. The van der Waals surface area contributed by atoms with E-state index < -0.39 is 0 Å². The summed E-state index contributed by atoms with van der Waals surface area (Å²) < 4.78 is 10.3. The monoisotopic (exact) mass is 227 g/mol. The maximum Gasteiger partial charge on any atom is 0.258 e. The molecule has 0 fully saturated rings. The van der Waals surface area contributed by atoms with E-state index in [0.29, 0.717) is 23.2 Å². The minimum absolute atomic E-state index is 0.432. The van der Waals surface area contributed by atoms with Crippen LogP contribution in [-0.2, 0) is 0 Å². The molecule has 84 valence electrons. The number of anilines is 1. The van der Waals surface area contributed by atoms with Crippen molar-refractivity contribution in [2.45, 2.75) is 0 Å². The minimum atomic E-state index is 0.432. The highest BCUT2D eigenvalue weighted by molar-refractivity contribution is 5.59. The molecular weight excluding hydrogens is 218 g/mol. The lowest BCUT2D eigenvalue weighted by Gasteiger charge is -1.94.